The van der Waals surface area contributed by atoms with Crippen LogP contribution in [0.4, 0.5) is 0 Å². The zero-order chi connectivity index (χ0) is 35.0. The van der Waals surface area contributed by atoms with Gasteiger partial charge in [0.15, 0.2) is 6.10 Å². The highest BCUT2D eigenvalue weighted by molar-refractivity contribution is 5.70. The largest absolute Gasteiger partial charge is 0.462 e. The first-order valence-electron chi connectivity index (χ1n) is 20.5. The molecule has 5 nitrogen and oxygen atoms in total. The van der Waals surface area contributed by atoms with Crippen LogP contribution in [0.15, 0.2) is 36.5 Å². The van der Waals surface area contributed by atoms with Crippen LogP contribution in [0.3, 0.4) is 0 Å². The van der Waals surface area contributed by atoms with E-state index in [1.807, 2.05) is 0 Å². The van der Waals surface area contributed by atoms with Crippen molar-refractivity contribution in [2.45, 2.75) is 213 Å². The molecule has 0 radical (unpaired) electrons. The summed E-state index contributed by atoms with van der Waals surface area (Å²) in [4.78, 5) is 24.2. The average Bonchev–Trinajstić information content (AvgIpc) is 3.09. The van der Waals surface area contributed by atoms with Crippen molar-refractivity contribution in [3.8, 4) is 0 Å². The Labute approximate surface area is 297 Å². The van der Waals surface area contributed by atoms with Crippen LogP contribution in [0.25, 0.3) is 0 Å². The average molecular weight is 675 g/mol. The molecule has 1 N–H and O–H groups in total. The number of ether oxygens (including phenoxy) is 2. The van der Waals surface area contributed by atoms with Crippen molar-refractivity contribution >= 4 is 11.9 Å². The van der Waals surface area contributed by atoms with Crippen molar-refractivity contribution in [2.75, 3.05) is 13.2 Å². The third-order valence-corrected chi connectivity index (χ3v) is 8.94. The van der Waals surface area contributed by atoms with E-state index in [0.717, 1.165) is 38.5 Å². The number of carbonyl (C=O) groups excluding carboxylic acids is 2. The fourth-order valence-electron chi connectivity index (χ4n) is 5.81. The predicted octanol–water partition coefficient (Wildman–Crippen LogP) is 12.8. The Morgan fingerprint density at radius 3 is 1.31 bits per heavy atom. The zero-order valence-corrected chi connectivity index (χ0v) is 31.7. The van der Waals surface area contributed by atoms with Crippen LogP contribution < -0.4 is 0 Å². The maximum Gasteiger partial charge on any atom is 0.306 e. The smallest absolute Gasteiger partial charge is 0.306 e. The Morgan fingerprint density at radius 2 is 0.854 bits per heavy atom. The summed E-state index contributed by atoms with van der Waals surface area (Å²) < 4.78 is 10.6. The molecule has 280 valence electrons. The minimum absolute atomic E-state index is 0.0891. The third kappa shape index (κ3) is 36.9. The highest BCUT2D eigenvalue weighted by Gasteiger charge is 2.16. The standard InChI is InChI=1S/C43H78O5/c1-3-5-7-9-11-13-15-17-19-21-23-25-27-29-31-33-35-37-42(45)47-40-41(39-44)48-43(46)38-36-34-32-30-28-26-24-22-20-18-16-14-12-10-8-6-4-2/h17,19,23,25,29,31,41,44H,3-16,18,20-22,24,26-28,30,32-40H2,1-2H3/b19-17-,25-23-,31-29-/t41-/m0/s1. The molecule has 0 fully saturated rings. The molecule has 0 saturated carbocycles. The first-order chi connectivity index (χ1) is 23.6. The van der Waals surface area contributed by atoms with E-state index < -0.39 is 6.10 Å². The molecule has 1 atom stereocenters. The molecular weight excluding hydrogens is 596 g/mol. The summed E-state index contributed by atoms with van der Waals surface area (Å²) in [5.41, 5.74) is 0. The highest BCUT2D eigenvalue weighted by atomic mass is 16.6. The topological polar surface area (TPSA) is 72.8 Å². The summed E-state index contributed by atoms with van der Waals surface area (Å²) in [6, 6.07) is 0. The fraction of sp³-hybridized carbons (Fsp3) is 0.814. The molecule has 0 spiro atoms. The number of hydrogen-bond acceptors (Lipinski definition) is 5. The van der Waals surface area contributed by atoms with E-state index in [2.05, 4.69) is 50.3 Å². The van der Waals surface area contributed by atoms with E-state index in [1.54, 1.807) is 0 Å². The van der Waals surface area contributed by atoms with Crippen molar-refractivity contribution < 1.29 is 24.2 Å². The molecule has 0 aliphatic rings. The van der Waals surface area contributed by atoms with Gasteiger partial charge in [0.1, 0.15) is 6.61 Å². The molecule has 0 heterocycles. The van der Waals surface area contributed by atoms with E-state index in [1.165, 1.54) is 135 Å². The van der Waals surface area contributed by atoms with Gasteiger partial charge in [-0.25, -0.2) is 0 Å². The summed E-state index contributed by atoms with van der Waals surface area (Å²) in [5.74, 6) is -0.645. The summed E-state index contributed by atoms with van der Waals surface area (Å²) in [5, 5.41) is 9.55. The number of rotatable bonds is 37. The van der Waals surface area contributed by atoms with Crippen molar-refractivity contribution in [1.82, 2.24) is 0 Å². The molecule has 0 rings (SSSR count). The van der Waals surface area contributed by atoms with Gasteiger partial charge in [0.2, 0.25) is 0 Å². The molecule has 0 bridgehead atoms. The third-order valence-electron chi connectivity index (χ3n) is 8.94. The van der Waals surface area contributed by atoms with Gasteiger partial charge in [0.05, 0.1) is 6.61 Å². The molecule has 0 aromatic rings. The van der Waals surface area contributed by atoms with Crippen LogP contribution in [-0.4, -0.2) is 36.4 Å². The lowest BCUT2D eigenvalue weighted by atomic mass is 10.0. The molecule has 0 aliphatic heterocycles. The van der Waals surface area contributed by atoms with Gasteiger partial charge in [-0.1, -0.05) is 185 Å². The normalized spacial score (nSPS) is 12.5. The molecular formula is C43H78O5. The van der Waals surface area contributed by atoms with E-state index in [9.17, 15) is 14.7 Å². The lowest BCUT2D eigenvalue weighted by molar-refractivity contribution is -0.161. The maximum absolute atomic E-state index is 12.2. The number of carbonyl (C=O) groups is 2. The summed E-state index contributed by atoms with van der Waals surface area (Å²) in [6.45, 7) is 4.10. The SMILES string of the molecule is CCCCCCCC/C=C\C/C=C\C/C=C\CCCC(=O)OC[C@H](CO)OC(=O)CCCCCCCCCCCCCCCCCCC. The summed E-state index contributed by atoms with van der Waals surface area (Å²) in [6.07, 6.45) is 47.8. The van der Waals surface area contributed by atoms with Gasteiger partial charge in [-0.15, -0.1) is 0 Å². The second kappa shape index (κ2) is 39.6. The van der Waals surface area contributed by atoms with Gasteiger partial charge in [-0.3, -0.25) is 9.59 Å². The number of unbranched alkanes of at least 4 members (excludes halogenated alkanes) is 23. The number of aliphatic hydroxyl groups excluding tert-OH is 1. The van der Waals surface area contributed by atoms with Gasteiger partial charge in [0, 0.05) is 12.8 Å². The Bertz CT molecular complexity index is 771. The molecule has 0 saturated heterocycles. The number of esters is 2. The molecule has 0 aliphatic carbocycles. The van der Waals surface area contributed by atoms with Crippen LogP contribution in [0.2, 0.25) is 0 Å². The van der Waals surface area contributed by atoms with Gasteiger partial charge in [0.25, 0.3) is 0 Å². The monoisotopic (exact) mass is 675 g/mol. The van der Waals surface area contributed by atoms with Gasteiger partial charge < -0.3 is 14.6 Å². The van der Waals surface area contributed by atoms with Gasteiger partial charge >= 0.3 is 11.9 Å². The zero-order valence-electron chi connectivity index (χ0n) is 31.7. The van der Waals surface area contributed by atoms with Gasteiger partial charge in [-0.2, -0.15) is 0 Å². The first-order valence-corrected chi connectivity index (χ1v) is 20.5. The van der Waals surface area contributed by atoms with Crippen molar-refractivity contribution in [2.24, 2.45) is 0 Å². The maximum atomic E-state index is 12.2. The molecule has 5 heteroatoms. The van der Waals surface area contributed by atoms with E-state index in [-0.39, 0.29) is 25.2 Å². The first kappa shape index (κ1) is 46.1. The quantitative estimate of drug-likeness (QED) is 0.0403. The molecule has 0 unspecified atom stereocenters. The van der Waals surface area contributed by atoms with Crippen LogP contribution in [0.1, 0.15) is 206 Å². The predicted molar refractivity (Wildman–Crippen MR) is 205 cm³/mol. The van der Waals surface area contributed by atoms with E-state index >= 15 is 0 Å². The Balaban J connectivity index is 3.60. The number of aliphatic hydroxyl groups is 1. The molecule has 0 aromatic heterocycles. The van der Waals surface area contributed by atoms with Crippen LogP contribution >= 0.6 is 0 Å². The molecule has 0 amide bonds. The fourth-order valence-corrected chi connectivity index (χ4v) is 5.81. The highest BCUT2D eigenvalue weighted by Crippen LogP contribution is 2.15. The summed E-state index contributed by atoms with van der Waals surface area (Å²) in [7, 11) is 0. The minimum Gasteiger partial charge on any atom is -0.462 e. The van der Waals surface area contributed by atoms with E-state index in [0.29, 0.717) is 19.3 Å². The second-order valence-corrected chi connectivity index (χ2v) is 13.7. The Hall–Kier alpha value is -1.88. The van der Waals surface area contributed by atoms with Crippen LogP contribution in [0, 0.1) is 0 Å². The van der Waals surface area contributed by atoms with E-state index in [4.69, 9.17) is 9.47 Å². The summed E-state index contributed by atoms with van der Waals surface area (Å²) >= 11 is 0. The number of hydrogen-bond donors (Lipinski definition) is 1. The Kier molecular flexibility index (Phi) is 38.0. The van der Waals surface area contributed by atoms with Crippen molar-refractivity contribution in [3.63, 3.8) is 0 Å². The lowest BCUT2D eigenvalue weighted by Gasteiger charge is -2.15. The van der Waals surface area contributed by atoms with Crippen molar-refractivity contribution in [1.29, 1.82) is 0 Å². The lowest BCUT2D eigenvalue weighted by Crippen LogP contribution is -2.28. The molecule has 0 aromatic carbocycles. The van der Waals surface area contributed by atoms with Crippen LogP contribution in [0.5, 0.6) is 0 Å². The second-order valence-electron chi connectivity index (χ2n) is 13.7. The minimum atomic E-state index is -0.788. The number of allylic oxidation sites excluding steroid dienone is 6. The Morgan fingerprint density at radius 1 is 0.479 bits per heavy atom. The van der Waals surface area contributed by atoms with Crippen molar-refractivity contribution in [3.05, 3.63) is 36.5 Å². The van der Waals surface area contributed by atoms with Gasteiger partial charge in [-0.05, 0) is 44.9 Å². The molecule has 48 heavy (non-hydrogen) atoms. The van der Waals surface area contributed by atoms with Crippen LogP contribution in [-0.2, 0) is 19.1 Å².